The number of hydrogen-bond donors (Lipinski definition) is 0. The third-order valence-electron chi connectivity index (χ3n) is 1.81. The maximum absolute atomic E-state index is 11.1. The molecule has 0 aliphatic carbocycles. The quantitative estimate of drug-likeness (QED) is 0.548. The van der Waals surface area contributed by atoms with Gasteiger partial charge in [-0.25, -0.2) is 4.79 Å². The molecule has 0 amide bonds. The molecule has 0 fully saturated rings. The third-order valence-corrected chi connectivity index (χ3v) is 1.81. The number of carbonyl (C=O) groups is 1. The Morgan fingerprint density at radius 2 is 2.27 bits per heavy atom. The van der Waals surface area contributed by atoms with E-state index in [1.54, 1.807) is 32.3 Å². The Morgan fingerprint density at radius 1 is 1.53 bits per heavy atom. The van der Waals surface area contributed by atoms with Gasteiger partial charge in [-0.15, -0.1) is 0 Å². The number of ether oxygens (including phenoxy) is 1. The molecule has 1 heterocycles. The van der Waals surface area contributed by atoms with Gasteiger partial charge in [0.2, 0.25) is 5.56 Å². The molecule has 0 saturated heterocycles. The number of esters is 1. The van der Waals surface area contributed by atoms with Crippen molar-refractivity contribution in [2.24, 2.45) is 7.05 Å². The van der Waals surface area contributed by atoms with E-state index in [9.17, 15) is 9.59 Å². The van der Waals surface area contributed by atoms with Crippen LogP contribution in [0, 0.1) is 0 Å². The van der Waals surface area contributed by atoms with Crippen molar-refractivity contribution in [2.75, 3.05) is 6.61 Å². The van der Waals surface area contributed by atoms with E-state index in [0.717, 1.165) is 5.56 Å². The van der Waals surface area contributed by atoms with Gasteiger partial charge in [0.1, 0.15) is 0 Å². The van der Waals surface area contributed by atoms with E-state index in [4.69, 9.17) is 4.74 Å². The molecule has 80 valence electrons. The molecule has 0 aromatic carbocycles. The van der Waals surface area contributed by atoms with Gasteiger partial charge < -0.3 is 9.30 Å². The Hall–Kier alpha value is -1.84. The predicted octanol–water partition coefficient (Wildman–Crippen LogP) is 0.962. The summed E-state index contributed by atoms with van der Waals surface area (Å²) in [7, 11) is 1.66. The van der Waals surface area contributed by atoms with Gasteiger partial charge in [0.15, 0.2) is 0 Å². The van der Waals surface area contributed by atoms with Crippen LogP contribution in [0.5, 0.6) is 0 Å². The number of hydrogen-bond acceptors (Lipinski definition) is 3. The summed E-state index contributed by atoms with van der Waals surface area (Å²) in [6.45, 7) is 2.11. The van der Waals surface area contributed by atoms with Crippen LogP contribution in [0.3, 0.4) is 0 Å². The van der Waals surface area contributed by atoms with Crippen LogP contribution in [0.25, 0.3) is 6.08 Å². The first kappa shape index (κ1) is 11.2. The highest BCUT2D eigenvalue weighted by Gasteiger charge is 1.95. The number of nitrogens with zero attached hydrogens (tertiary/aromatic N) is 1. The second-order valence-corrected chi connectivity index (χ2v) is 3.00. The monoisotopic (exact) mass is 207 g/mol. The minimum atomic E-state index is -0.383. The molecule has 15 heavy (non-hydrogen) atoms. The van der Waals surface area contributed by atoms with Crippen LogP contribution in [0.1, 0.15) is 12.5 Å². The van der Waals surface area contributed by atoms with E-state index in [-0.39, 0.29) is 11.5 Å². The largest absolute Gasteiger partial charge is 0.463 e. The Morgan fingerprint density at radius 3 is 2.87 bits per heavy atom. The lowest BCUT2D eigenvalue weighted by atomic mass is 10.2. The minimum Gasteiger partial charge on any atom is -0.463 e. The maximum atomic E-state index is 11.1. The molecule has 0 atom stereocenters. The van der Waals surface area contributed by atoms with Crippen molar-refractivity contribution >= 4 is 12.0 Å². The van der Waals surface area contributed by atoms with Gasteiger partial charge in [-0.1, -0.05) is 0 Å². The second kappa shape index (κ2) is 5.14. The number of aromatic nitrogens is 1. The van der Waals surface area contributed by atoms with Crippen molar-refractivity contribution in [1.29, 1.82) is 0 Å². The van der Waals surface area contributed by atoms with E-state index in [1.165, 1.54) is 16.7 Å². The average Bonchev–Trinajstić information content (AvgIpc) is 2.20. The Labute approximate surface area is 87.8 Å². The van der Waals surface area contributed by atoms with Gasteiger partial charge in [0.25, 0.3) is 0 Å². The molecule has 0 radical (unpaired) electrons. The first-order valence-corrected chi connectivity index (χ1v) is 4.65. The minimum absolute atomic E-state index is 0.0803. The lowest BCUT2D eigenvalue weighted by Gasteiger charge is -1.98. The number of aryl methyl sites for hydroxylation is 1. The smallest absolute Gasteiger partial charge is 0.330 e. The number of rotatable bonds is 3. The highest BCUT2D eigenvalue weighted by molar-refractivity contribution is 5.86. The molecule has 0 spiro atoms. The van der Waals surface area contributed by atoms with Crippen LogP contribution in [-0.2, 0) is 16.6 Å². The summed E-state index contributed by atoms with van der Waals surface area (Å²) in [6.07, 6.45) is 4.60. The predicted molar refractivity (Wildman–Crippen MR) is 57.4 cm³/mol. The van der Waals surface area contributed by atoms with Crippen LogP contribution in [0.15, 0.2) is 29.2 Å². The third kappa shape index (κ3) is 3.42. The first-order valence-electron chi connectivity index (χ1n) is 4.65. The molecule has 0 unspecified atom stereocenters. The van der Waals surface area contributed by atoms with E-state index in [1.807, 2.05) is 0 Å². The lowest BCUT2D eigenvalue weighted by Crippen LogP contribution is -2.14. The van der Waals surface area contributed by atoms with Crippen molar-refractivity contribution in [3.63, 3.8) is 0 Å². The van der Waals surface area contributed by atoms with Crippen LogP contribution in [0.4, 0.5) is 0 Å². The SMILES string of the molecule is CCOC(=O)/C=C/c1ccc(=O)n(C)c1. The van der Waals surface area contributed by atoms with Gasteiger partial charge in [0, 0.05) is 25.4 Å². The molecule has 0 saturated carbocycles. The highest BCUT2D eigenvalue weighted by atomic mass is 16.5. The summed E-state index contributed by atoms with van der Waals surface area (Å²) >= 11 is 0. The second-order valence-electron chi connectivity index (χ2n) is 3.00. The van der Waals surface area contributed by atoms with Gasteiger partial charge in [-0.2, -0.15) is 0 Å². The summed E-state index contributed by atoms with van der Waals surface area (Å²) in [5.41, 5.74) is 0.702. The molecule has 0 aliphatic rings. The maximum Gasteiger partial charge on any atom is 0.330 e. The molecular formula is C11H13NO3. The normalized spacial score (nSPS) is 10.5. The zero-order chi connectivity index (χ0) is 11.3. The average molecular weight is 207 g/mol. The molecule has 1 aromatic rings. The molecule has 1 aromatic heterocycles. The van der Waals surface area contributed by atoms with Gasteiger partial charge in [-0.05, 0) is 24.6 Å². The lowest BCUT2D eigenvalue weighted by molar-refractivity contribution is -0.137. The van der Waals surface area contributed by atoms with Crippen LogP contribution >= 0.6 is 0 Å². The molecule has 0 bridgehead atoms. The van der Waals surface area contributed by atoms with E-state index < -0.39 is 0 Å². The topological polar surface area (TPSA) is 48.3 Å². The molecular weight excluding hydrogens is 194 g/mol. The number of pyridine rings is 1. The van der Waals surface area contributed by atoms with Crippen LogP contribution < -0.4 is 5.56 Å². The van der Waals surface area contributed by atoms with Crippen molar-refractivity contribution in [1.82, 2.24) is 4.57 Å². The Balaban J connectivity index is 2.77. The van der Waals surface area contributed by atoms with E-state index in [2.05, 4.69) is 0 Å². The first-order chi connectivity index (χ1) is 7.13. The fourth-order valence-corrected chi connectivity index (χ4v) is 1.07. The summed E-state index contributed by atoms with van der Waals surface area (Å²) in [6, 6.07) is 3.10. The van der Waals surface area contributed by atoms with Crippen molar-refractivity contribution in [2.45, 2.75) is 6.92 Å². The van der Waals surface area contributed by atoms with Crippen molar-refractivity contribution in [3.05, 3.63) is 40.3 Å². The standard InChI is InChI=1S/C11H13NO3/c1-3-15-11(14)7-5-9-4-6-10(13)12(2)8-9/h4-8H,3H2,1-2H3/b7-5+. The van der Waals surface area contributed by atoms with Crippen molar-refractivity contribution < 1.29 is 9.53 Å². The van der Waals surface area contributed by atoms with Gasteiger partial charge in [0.05, 0.1) is 6.61 Å². The molecule has 4 nitrogen and oxygen atoms in total. The Kier molecular flexibility index (Phi) is 3.85. The fourth-order valence-electron chi connectivity index (χ4n) is 1.07. The van der Waals surface area contributed by atoms with Crippen molar-refractivity contribution in [3.8, 4) is 0 Å². The Bertz CT molecular complexity index is 432. The number of carbonyl (C=O) groups excluding carboxylic acids is 1. The zero-order valence-electron chi connectivity index (χ0n) is 8.77. The summed E-state index contributed by atoms with van der Waals surface area (Å²) in [5.74, 6) is -0.383. The highest BCUT2D eigenvalue weighted by Crippen LogP contribution is 1.98. The summed E-state index contributed by atoms with van der Waals surface area (Å²) in [5, 5.41) is 0. The zero-order valence-corrected chi connectivity index (χ0v) is 8.77. The van der Waals surface area contributed by atoms with E-state index in [0.29, 0.717) is 6.61 Å². The van der Waals surface area contributed by atoms with E-state index >= 15 is 0 Å². The fraction of sp³-hybridized carbons (Fsp3) is 0.273. The van der Waals surface area contributed by atoms with Gasteiger partial charge in [-0.3, -0.25) is 4.79 Å². The summed E-state index contributed by atoms with van der Waals surface area (Å²) in [4.78, 5) is 22.0. The van der Waals surface area contributed by atoms with Crippen LogP contribution in [0.2, 0.25) is 0 Å². The van der Waals surface area contributed by atoms with Gasteiger partial charge >= 0.3 is 5.97 Å². The van der Waals surface area contributed by atoms with Crippen LogP contribution in [-0.4, -0.2) is 17.1 Å². The molecule has 4 heteroatoms. The summed E-state index contributed by atoms with van der Waals surface area (Å²) < 4.78 is 6.17. The molecule has 0 aliphatic heterocycles. The molecule has 1 rings (SSSR count). The molecule has 0 N–H and O–H groups in total.